The molecule has 0 radical (unpaired) electrons. The van der Waals surface area contributed by atoms with E-state index in [1.165, 1.54) is 42.5 Å². The van der Waals surface area contributed by atoms with Gasteiger partial charge in [0.1, 0.15) is 23.2 Å². The summed E-state index contributed by atoms with van der Waals surface area (Å²) >= 11 is 0. The molecule has 0 fully saturated rings. The Bertz CT molecular complexity index is 1940. The van der Waals surface area contributed by atoms with Crippen LogP contribution in [-0.2, 0) is 16.6 Å². The molecule has 0 aliphatic carbocycles. The Labute approximate surface area is 261 Å². The fourth-order valence-corrected chi connectivity index (χ4v) is 4.15. The number of ether oxygens (including phenoxy) is 4. The molecule has 0 spiro atoms. The van der Waals surface area contributed by atoms with Gasteiger partial charge in [0.25, 0.3) is 11.8 Å². The molecule has 0 saturated heterocycles. The monoisotopic (exact) mass is 627 g/mol. The zero-order valence-electron chi connectivity index (χ0n) is 24.5. The molecule has 2 heterocycles. The van der Waals surface area contributed by atoms with Crippen molar-refractivity contribution < 1.29 is 37.6 Å². The highest BCUT2D eigenvalue weighted by molar-refractivity contribution is 5.95. The summed E-state index contributed by atoms with van der Waals surface area (Å²) in [5.41, 5.74) is 6.97. The van der Waals surface area contributed by atoms with E-state index in [4.69, 9.17) is 30.1 Å². The number of imidazole rings is 1. The molecule has 5 rings (SSSR count). The van der Waals surface area contributed by atoms with Gasteiger partial charge in [0, 0.05) is 36.6 Å². The Balaban J connectivity index is 1.52. The number of carbonyl (C=O) groups excluding carboxylic acids is 1. The molecule has 0 atom stereocenters. The number of nitrogens with one attached hydrogen (secondary N) is 1. The molecule has 0 saturated carbocycles. The summed E-state index contributed by atoms with van der Waals surface area (Å²) in [5, 5.41) is 18.0. The SMILES string of the molecule is CCOC(=O)C=Cc1ccc(Oc2c(F)c(Oc3cccc(-c4nccn4C)c3)nc(Oc3cc(C(=N)N)ccc3O)c2F)cc1. The summed E-state index contributed by atoms with van der Waals surface area (Å²) < 4.78 is 55.3. The summed E-state index contributed by atoms with van der Waals surface area (Å²) in [7, 11) is 1.81. The molecule has 234 valence electrons. The molecular weight excluding hydrogens is 600 g/mol. The fourth-order valence-electron chi connectivity index (χ4n) is 4.15. The summed E-state index contributed by atoms with van der Waals surface area (Å²) in [6.45, 7) is 1.92. The van der Waals surface area contributed by atoms with Crippen LogP contribution < -0.4 is 19.9 Å². The maximum atomic E-state index is 15.9. The lowest BCUT2D eigenvalue weighted by Crippen LogP contribution is -2.11. The molecule has 0 amide bonds. The van der Waals surface area contributed by atoms with Gasteiger partial charge < -0.3 is 34.4 Å². The standard InChI is InChI=1S/C33H27F2N5O6/c1-3-43-26(42)14-9-19-7-11-22(12-8-19)44-29-27(34)32(45-23-6-4-5-21(17-23)31-38-15-16-40(31)2)39-33(28(29)35)46-25-18-20(30(36)37)10-13-24(25)41/h4-18,41H,3H2,1-2H3,(H3,36,37). The first-order valence-corrected chi connectivity index (χ1v) is 13.8. The number of nitrogens with zero attached hydrogens (tertiary/aromatic N) is 3. The second-order valence-electron chi connectivity index (χ2n) is 9.63. The second kappa shape index (κ2) is 13.6. The van der Waals surface area contributed by atoms with E-state index in [1.807, 2.05) is 7.05 Å². The van der Waals surface area contributed by atoms with Crippen LogP contribution in [0.15, 0.2) is 85.2 Å². The maximum absolute atomic E-state index is 15.9. The zero-order chi connectivity index (χ0) is 32.8. The quantitative estimate of drug-likeness (QED) is 0.0628. The number of phenols is 1. The van der Waals surface area contributed by atoms with Gasteiger partial charge in [-0.3, -0.25) is 5.41 Å². The van der Waals surface area contributed by atoms with Crippen molar-refractivity contribution in [3.8, 4) is 51.9 Å². The molecule has 4 N–H and O–H groups in total. The average molecular weight is 628 g/mol. The van der Waals surface area contributed by atoms with E-state index in [9.17, 15) is 9.90 Å². The van der Waals surface area contributed by atoms with Crippen LogP contribution in [0.3, 0.4) is 0 Å². The number of benzene rings is 3. The van der Waals surface area contributed by atoms with E-state index in [-0.39, 0.29) is 35.3 Å². The number of aryl methyl sites for hydroxylation is 1. The van der Waals surface area contributed by atoms with Gasteiger partial charge in [-0.25, -0.2) is 9.78 Å². The number of carbonyl (C=O) groups is 1. The number of rotatable bonds is 11. The number of halogens is 2. The van der Waals surface area contributed by atoms with Gasteiger partial charge in [-0.2, -0.15) is 13.8 Å². The summed E-state index contributed by atoms with van der Waals surface area (Å²) in [6.07, 6.45) is 6.14. The largest absolute Gasteiger partial charge is 0.504 e. The van der Waals surface area contributed by atoms with Gasteiger partial charge >= 0.3 is 5.97 Å². The third-order valence-electron chi connectivity index (χ3n) is 6.38. The highest BCUT2D eigenvalue weighted by Crippen LogP contribution is 2.41. The van der Waals surface area contributed by atoms with Crippen LogP contribution >= 0.6 is 0 Å². The zero-order valence-corrected chi connectivity index (χ0v) is 24.5. The number of pyridine rings is 1. The second-order valence-corrected chi connectivity index (χ2v) is 9.63. The number of amidine groups is 1. The van der Waals surface area contributed by atoms with E-state index >= 15 is 8.78 Å². The van der Waals surface area contributed by atoms with Gasteiger partial charge in [-0.15, -0.1) is 0 Å². The molecule has 5 aromatic rings. The lowest BCUT2D eigenvalue weighted by molar-refractivity contribution is -0.137. The normalized spacial score (nSPS) is 11.0. The Morgan fingerprint density at radius 3 is 2.41 bits per heavy atom. The minimum absolute atomic E-state index is 0.0346. The van der Waals surface area contributed by atoms with Crippen molar-refractivity contribution in [2.45, 2.75) is 6.92 Å². The molecule has 11 nitrogen and oxygen atoms in total. The lowest BCUT2D eigenvalue weighted by atomic mass is 10.2. The topological polar surface area (TPSA) is 155 Å². The molecule has 2 aromatic heterocycles. The lowest BCUT2D eigenvalue weighted by Gasteiger charge is -2.15. The number of hydrogen-bond donors (Lipinski definition) is 3. The van der Waals surface area contributed by atoms with Crippen molar-refractivity contribution >= 4 is 17.9 Å². The summed E-state index contributed by atoms with van der Waals surface area (Å²) in [4.78, 5) is 19.8. The van der Waals surface area contributed by atoms with Crippen LogP contribution in [0.1, 0.15) is 18.1 Å². The van der Waals surface area contributed by atoms with Crippen molar-refractivity contribution in [2.75, 3.05) is 6.61 Å². The Morgan fingerprint density at radius 1 is 1.00 bits per heavy atom. The molecule has 3 aromatic carbocycles. The van der Waals surface area contributed by atoms with E-state index in [0.29, 0.717) is 17.0 Å². The van der Waals surface area contributed by atoms with Crippen LogP contribution in [0.2, 0.25) is 0 Å². The van der Waals surface area contributed by atoms with Gasteiger partial charge in [0.2, 0.25) is 17.4 Å². The van der Waals surface area contributed by atoms with Gasteiger partial charge in [0.05, 0.1) is 6.61 Å². The fraction of sp³-hybridized carbons (Fsp3) is 0.0909. The first-order valence-electron chi connectivity index (χ1n) is 13.8. The minimum Gasteiger partial charge on any atom is -0.504 e. The van der Waals surface area contributed by atoms with Gasteiger partial charge in [0.15, 0.2) is 11.5 Å². The molecule has 0 bridgehead atoms. The molecule has 0 aliphatic rings. The number of nitrogens with two attached hydrogens (primary N) is 1. The highest BCUT2D eigenvalue weighted by Gasteiger charge is 2.27. The highest BCUT2D eigenvalue weighted by atomic mass is 19.1. The Hall–Kier alpha value is -6.24. The number of esters is 1. The van der Waals surface area contributed by atoms with Gasteiger partial charge in [-0.1, -0.05) is 24.3 Å². The van der Waals surface area contributed by atoms with E-state index in [0.717, 1.165) is 0 Å². The smallest absolute Gasteiger partial charge is 0.330 e. The first-order chi connectivity index (χ1) is 22.1. The predicted molar refractivity (Wildman–Crippen MR) is 164 cm³/mol. The van der Waals surface area contributed by atoms with Crippen molar-refractivity contribution in [1.82, 2.24) is 14.5 Å². The Morgan fingerprint density at radius 2 is 1.74 bits per heavy atom. The van der Waals surface area contributed by atoms with E-state index in [2.05, 4.69) is 9.97 Å². The maximum Gasteiger partial charge on any atom is 0.330 e. The molecule has 13 heteroatoms. The van der Waals surface area contributed by atoms with Crippen LogP contribution in [0, 0.1) is 17.0 Å². The van der Waals surface area contributed by atoms with Crippen LogP contribution in [0.25, 0.3) is 17.5 Å². The number of nitrogen functional groups attached to an aromatic ring is 1. The average Bonchev–Trinajstić information content (AvgIpc) is 3.48. The van der Waals surface area contributed by atoms with Crippen molar-refractivity contribution in [1.29, 1.82) is 5.41 Å². The van der Waals surface area contributed by atoms with Crippen molar-refractivity contribution in [3.63, 3.8) is 0 Å². The molecule has 0 aliphatic heterocycles. The van der Waals surface area contributed by atoms with Crippen molar-refractivity contribution in [3.05, 3.63) is 108 Å². The van der Waals surface area contributed by atoms with E-state index in [1.54, 1.807) is 60.3 Å². The third kappa shape index (κ3) is 7.10. The number of phenolic OH excluding ortho intramolecular Hbond substituents is 1. The predicted octanol–water partition coefficient (Wildman–Crippen LogP) is 6.70. The third-order valence-corrected chi connectivity index (χ3v) is 6.38. The number of aromatic hydroxyl groups is 1. The van der Waals surface area contributed by atoms with Crippen LogP contribution in [0.5, 0.6) is 40.5 Å². The Kier molecular flexibility index (Phi) is 9.22. The van der Waals surface area contributed by atoms with Crippen molar-refractivity contribution in [2.24, 2.45) is 12.8 Å². The number of hydrogen-bond acceptors (Lipinski definition) is 9. The minimum atomic E-state index is -1.34. The van der Waals surface area contributed by atoms with E-state index < -0.39 is 40.9 Å². The molecule has 46 heavy (non-hydrogen) atoms. The molecular formula is C33H27F2N5O6. The first kappa shape index (κ1) is 31.2. The van der Waals surface area contributed by atoms with Crippen LogP contribution in [-0.4, -0.2) is 38.1 Å². The summed E-state index contributed by atoms with van der Waals surface area (Å²) in [6, 6.07) is 16.3. The number of aromatic nitrogens is 3. The van der Waals surface area contributed by atoms with Gasteiger partial charge in [-0.05, 0) is 61.0 Å². The molecule has 0 unspecified atom stereocenters. The van der Waals surface area contributed by atoms with Crippen LogP contribution in [0.4, 0.5) is 8.78 Å². The summed E-state index contributed by atoms with van der Waals surface area (Å²) in [5.74, 6) is -5.80.